The van der Waals surface area contributed by atoms with Gasteiger partial charge < -0.3 is 15.2 Å². The van der Waals surface area contributed by atoms with Crippen molar-refractivity contribution >= 4 is 0 Å². The summed E-state index contributed by atoms with van der Waals surface area (Å²) in [4.78, 5) is 0. The molecule has 0 heterocycles. The Bertz CT molecular complexity index is 629. The van der Waals surface area contributed by atoms with Crippen LogP contribution in [0.15, 0.2) is 48.5 Å². The lowest BCUT2D eigenvalue weighted by atomic mass is 10.1. The minimum Gasteiger partial charge on any atom is -0.491 e. The zero-order valence-corrected chi connectivity index (χ0v) is 12.4. The van der Waals surface area contributed by atoms with Crippen LogP contribution in [0.2, 0.25) is 0 Å². The molecule has 0 aliphatic carbocycles. The van der Waals surface area contributed by atoms with Gasteiger partial charge in [-0.1, -0.05) is 36.4 Å². The molecule has 0 saturated carbocycles. The van der Waals surface area contributed by atoms with E-state index in [1.165, 1.54) is 6.07 Å². The lowest BCUT2D eigenvalue weighted by Gasteiger charge is -2.12. The molecule has 2 N–H and O–H groups in total. The number of halogens is 3. The molecule has 0 bridgehead atoms. The van der Waals surface area contributed by atoms with Gasteiger partial charge in [0.1, 0.15) is 12.4 Å². The minimum atomic E-state index is -4.33. The maximum atomic E-state index is 12.7. The van der Waals surface area contributed by atoms with E-state index < -0.39 is 11.7 Å². The Hall–Kier alpha value is -2.05. The Balaban J connectivity index is 1.95. The van der Waals surface area contributed by atoms with E-state index in [-0.39, 0.29) is 13.2 Å². The summed E-state index contributed by atoms with van der Waals surface area (Å²) < 4.78 is 43.4. The molecule has 0 aliphatic heterocycles. The summed E-state index contributed by atoms with van der Waals surface area (Å²) in [7, 11) is 0. The Morgan fingerprint density at radius 3 is 2.52 bits per heavy atom. The van der Waals surface area contributed by atoms with Crippen LogP contribution in [0.5, 0.6) is 5.75 Å². The van der Waals surface area contributed by atoms with Crippen molar-refractivity contribution in [3.8, 4) is 5.75 Å². The van der Waals surface area contributed by atoms with Gasteiger partial charge in [-0.3, -0.25) is 0 Å². The number of ether oxygens (including phenoxy) is 1. The highest BCUT2D eigenvalue weighted by Crippen LogP contribution is 2.29. The van der Waals surface area contributed by atoms with Gasteiger partial charge in [0.25, 0.3) is 0 Å². The third kappa shape index (κ3) is 5.26. The summed E-state index contributed by atoms with van der Waals surface area (Å²) in [5.41, 5.74) is 0.796. The molecule has 2 aromatic rings. The number of rotatable bonds is 7. The van der Waals surface area contributed by atoms with Crippen LogP contribution in [0.4, 0.5) is 13.2 Å². The summed E-state index contributed by atoms with van der Waals surface area (Å²) in [6.45, 7) is 0.896. The maximum absolute atomic E-state index is 12.7. The number of alkyl halides is 3. The molecule has 0 unspecified atom stereocenters. The fourth-order valence-electron chi connectivity index (χ4n) is 2.15. The zero-order valence-electron chi connectivity index (χ0n) is 12.4. The fraction of sp³-hybridized carbons (Fsp3) is 0.294. The molecule has 0 saturated heterocycles. The van der Waals surface area contributed by atoms with Crippen molar-refractivity contribution in [3.05, 3.63) is 65.2 Å². The lowest BCUT2D eigenvalue weighted by molar-refractivity contribution is -0.137. The van der Waals surface area contributed by atoms with Gasteiger partial charge in [0.05, 0.1) is 12.2 Å². The normalized spacial score (nSPS) is 11.5. The quantitative estimate of drug-likeness (QED) is 0.820. The third-order valence-electron chi connectivity index (χ3n) is 3.22. The van der Waals surface area contributed by atoms with Gasteiger partial charge in [0.15, 0.2) is 0 Å². The van der Waals surface area contributed by atoms with Crippen LogP contribution in [0, 0.1) is 0 Å². The van der Waals surface area contributed by atoms with E-state index in [2.05, 4.69) is 5.32 Å². The van der Waals surface area contributed by atoms with Crippen molar-refractivity contribution in [3.63, 3.8) is 0 Å². The van der Waals surface area contributed by atoms with Crippen LogP contribution in [0.25, 0.3) is 0 Å². The largest absolute Gasteiger partial charge is 0.491 e. The minimum absolute atomic E-state index is 0.0774. The van der Waals surface area contributed by atoms with Crippen molar-refractivity contribution in [2.45, 2.75) is 19.3 Å². The van der Waals surface area contributed by atoms with Crippen LogP contribution in [0.3, 0.4) is 0 Å². The molecule has 23 heavy (non-hydrogen) atoms. The summed E-state index contributed by atoms with van der Waals surface area (Å²) >= 11 is 0. The summed E-state index contributed by atoms with van der Waals surface area (Å²) in [5.74, 6) is 0.651. The second kappa shape index (κ2) is 7.99. The Labute approximate surface area is 132 Å². The van der Waals surface area contributed by atoms with Crippen LogP contribution in [-0.2, 0) is 19.3 Å². The number of hydrogen-bond donors (Lipinski definition) is 2. The number of aliphatic hydroxyl groups is 1. The molecular weight excluding hydrogens is 307 g/mol. The SMILES string of the molecule is OCCOc1ccccc1CNCc1cccc(C(F)(F)F)c1. The zero-order chi connectivity index (χ0) is 16.7. The second-order valence-corrected chi connectivity index (χ2v) is 4.98. The van der Waals surface area contributed by atoms with Gasteiger partial charge >= 0.3 is 6.18 Å². The average Bonchev–Trinajstić information content (AvgIpc) is 2.53. The van der Waals surface area contributed by atoms with Gasteiger partial charge in [-0.2, -0.15) is 13.2 Å². The van der Waals surface area contributed by atoms with Crippen LogP contribution < -0.4 is 10.1 Å². The predicted molar refractivity (Wildman–Crippen MR) is 81.0 cm³/mol. The Morgan fingerprint density at radius 1 is 1.00 bits per heavy atom. The van der Waals surface area contributed by atoms with E-state index in [4.69, 9.17) is 9.84 Å². The first-order valence-electron chi connectivity index (χ1n) is 7.19. The van der Waals surface area contributed by atoms with Gasteiger partial charge in [-0.25, -0.2) is 0 Å². The van der Waals surface area contributed by atoms with E-state index in [9.17, 15) is 13.2 Å². The number of nitrogens with one attached hydrogen (secondary N) is 1. The molecule has 3 nitrogen and oxygen atoms in total. The Morgan fingerprint density at radius 2 is 1.78 bits per heavy atom. The van der Waals surface area contributed by atoms with Crippen molar-refractivity contribution in [2.75, 3.05) is 13.2 Å². The molecular formula is C17H18F3NO2. The third-order valence-corrected chi connectivity index (χ3v) is 3.22. The van der Waals surface area contributed by atoms with Gasteiger partial charge in [0.2, 0.25) is 0 Å². The lowest BCUT2D eigenvalue weighted by Crippen LogP contribution is -2.15. The maximum Gasteiger partial charge on any atom is 0.416 e. The highest BCUT2D eigenvalue weighted by molar-refractivity contribution is 5.33. The molecule has 2 rings (SSSR count). The molecule has 0 aliphatic rings. The van der Waals surface area contributed by atoms with E-state index in [1.54, 1.807) is 12.1 Å². The summed E-state index contributed by atoms with van der Waals surface area (Å²) in [6, 6.07) is 12.6. The van der Waals surface area contributed by atoms with Crippen molar-refractivity contribution in [1.29, 1.82) is 0 Å². The molecule has 0 aromatic heterocycles. The van der Waals surface area contributed by atoms with Crippen molar-refractivity contribution in [1.82, 2.24) is 5.32 Å². The van der Waals surface area contributed by atoms with Crippen molar-refractivity contribution in [2.24, 2.45) is 0 Å². The molecule has 124 valence electrons. The molecule has 2 aromatic carbocycles. The first-order valence-corrected chi connectivity index (χ1v) is 7.19. The Kier molecular flexibility index (Phi) is 6.01. The first kappa shape index (κ1) is 17.3. The van der Waals surface area contributed by atoms with E-state index in [1.807, 2.05) is 18.2 Å². The average molecular weight is 325 g/mol. The van der Waals surface area contributed by atoms with Gasteiger partial charge in [-0.05, 0) is 17.7 Å². The van der Waals surface area contributed by atoms with Crippen molar-refractivity contribution < 1.29 is 23.0 Å². The summed E-state index contributed by atoms with van der Waals surface area (Å²) in [5, 5.41) is 11.9. The topological polar surface area (TPSA) is 41.5 Å². The molecule has 6 heteroatoms. The second-order valence-electron chi connectivity index (χ2n) is 4.98. The molecule has 0 fully saturated rings. The van der Waals surface area contributed by atoms with E-state index >= 15 is 0 Å². The first-order chi connectivity index (χ1) is 11.0. The number of aliphatic hydroxyl groups excluding tert-OH is 1. The van der Waals surface area contributed by atoms with Gasteiger partial charge in [0, 0.05) is 18.7 Å². The van der Waals surface area contributed by atoms with E-state index in [0.717, 1.165) is 17.7 Å². The van der Waals surface area contributed by atoms with E-state index in [0.29, 0.717) is 24.4 Å². The monoisotopic (exact) mass is 325 g/mol. The number of benzene rings is 2. The number of para-hydroxylation sites is 1. The highest BCUT2D eigenvalue weighted by atomic mass is 19.4. The highest BCUT2D eigenvalue weighted by Gasteiger charge is 2.30. The van der Waals surface area contributed by atoms with Crippen LogP contribution in [-0.4, -0.2) is 18.3 Å². The standard InChI is InChI=1S/C17H18F3NO2/c18-17(19,20)15-6-3-4-13(10-15)11-21-12-14-5-1-2-7-16(14)23-9-8-22/h1-7,10,21-22H,8-9,11-12H2. The predicted octanol–water partition coefficient (Wildman–Crippen LogP) is 3.37. The smallest absolute Gasteiger partial charge is 0.416 e. The molecule has 0 amide bonds. The fourth-order valence-corrected chi connectivity index (χ4v) is 2.15. The molecule has 0 radical (unpaired) electrons. The van der Waals surface area contributed by atoms with Crippen LogP contribution >= 0.6 is 0 Å². The number of hydrogen-bond acceptors (Lipinski definition) is 3. The summed E-state index contributed by atoms with van der Waals surface area (Å²) in [6.07, 6.45) is -4.33. The molecule has 0 atom stereocenters. The van der Waals surface area contributed by atoms with Crippen LogP contribution in [0.1, 0.15) is 16.7 Å². The molecule has 0 spiro atoms. The van der Waals surface area contributed by atoms with Gasteiger partial charge in [-0.15, -0.1) is 0 Å².